The standard InChI is InChI=1S/C10H8BrN3OS/c11-8-3-1-4-14-10(8)16(15)7-9-12-5-2-6-13-9/h1-6H,7H2/t16-/m0/s1. The third-order valence-electron chi connectivity index (χ3n) is 1.82. The molecular weight excluding hydrogens is 290 g/mol. The van der Waals surface area contributed by atoms with Gasteiger partial charge in [-0.2, -0.15) is 0 Å². The van der Waals surface area contributed by atoms with Crippen LogP contribution in [-0.2, 0) is 16.6 Å². The topological polar surface area (TPSA) is 55.7 Å². The van der Waals surface area contributed by atoms with Crippen molar-refractivity contribution < 1.29 is 4.21 Å². The van der Waals surface area contributed by atoms with Crippen LogP contribution >= 0.6 is 15.9 Å². The number of hydrogen-bond donors (Lipinski definition) is 0. The van der Waals surface area contributed by atoms with E-state index in [0.29, 0.717) is 10.9 Å². The first-order valence-electron chi connectivity index (χ1n) is 4.52. The molecule has 0 fully saturated rings. The molecule has 0 unspecified atom stereocenters. The summed E-state index contributed by atoms with van der Waals surface area (Å²) in [5.41, 5.74) is 0. The number of pyridine rings is 1. The van der Waals surface area contributed by atoms with Gasteiger partial charge in [0.05, 0.1) is 21.0 Å². The van der Waals surface area contributed by atoms with Crippen LogP contribution in [0.15, 0.2) is 46.3 Å². The Morgan fingerprint density at radius 1 is 1.12 bits per heavy atom. The maximum Gasteiger partial charge on any atom is 0.141 e. The van der Waals surface area contributed by atoms with E-state index in [1.165, 1.54) is 0 Å². The molecular formula is C10H8BrN3OS. The van der Waals surface area contributed by atoms with E-state index in [0.717, 1.165) is 4.47 Å². The van der Waals surface area contributed by atoms with E-state index in [1.807, 2.05) is 6.07 Å². The lowest BCUT2D eigenvalue weighted by Crippen LogP contribution is -2.03. The van der Waals surface area contributed by atoms with Crippen molar-refractivity contribution in [3.63, 3.8) is 0 Å². The van der Waals surface area contributed by atoms with Gasteiger partial charge in [-0.05, 0) is 34.1 Å². The second kappa shape index (κ2) is 5.27. The van der Waals surface area contributed by atoms with Gasteiger partial charge in [0, 0.05) is 18.6 Å². The molecule has 82 valence electrons. The third-order valence-corrected chi connectivity index (χ3v) is 4.00. The Kier molecular flexibility index (Phi) is 3.74. The van der Waals surface area contributed by atoms with E-state index in [-0.39, 0.29) is 5.75 Å². The second-order valence-electron chi connectivity index (χ2n) is 2.95. The number of aromatic nitrogens is 3. The summed E-state index contributed by atoms with van der Waals surface area (Å²) in [4.78, 5) is 12.1. The molecule has 0 radical (unpaired) electrons. The molecule has 1 atom stereocenters. The molecule has 0 aromatic carbocycles. The SMILES string of the molecule is O=[S@@](Cc1ncccn1)c1ncccc1Br. The van der Waals surface area contributed by atoms with Crippen molar-refractivity contribution in [3.8, 4) is 0 Å². The number of rotatable bonds is 3. The zero-order valence-corrected chi connectivity index (χ0v) is 10.6. The van der Waals surface area contributed by atoms with Crippen LogP contribution in [0.4, 0.5) is 0 Å². The van der Waals surface area contributed by atoms with Crippen LogP contribution < -0.4 is 0 Å². The highest BCUT2D eigenvalue weighted by Gasteiger charge is 2.11. The van der Waals surface area contributed by atoms with Crippen LogP contribution in [0.5, 0.6) is 0 Å². The smallest absolute Gasteiger partial charge is 0.141 e. The van der Waals surface area contributed by atoms with E-state index >= 15 is 0 Å². The highest BCUT2D eigenvalue weighted by Crippen LogP contribution is 2.18. The molecule has 2 heterocycles. The van der Waals surface area contributed by atoms with E-state index < -0.39 is 10.8 Å². The first-order chi connectivity index (χ1) is 7.77. The van der Waals surface area contributed by atoms with E-state index in [4.69, 9.17) is 0 Å². The van der Waals surface area contributed by atoms with Gasteiger partial charge in [-0.3, -0.25) is 4.21 Å². The fourth-order valence-electron chi connectivity index (χ4n) is 1.13. The van der Waals surface area contributed by atoms with Crippen molar-refractivity contribution in [1.82, 2.24) is 15.0 Å². The van der Waals surface area contributed by atoms with Gasteiger partial charge in [-0.15, -0.1) is 0 Å². The van der Waals surface area contributed by atoms with Crippen LogP contribution in [0.1, 0.15) is 5.82 Å². The molecule has 0 aliphatic heterocycles. The fourth-order valence-corrected chi connectivity index (χ4v) is 2.91. The summed E-state index contributed by atoms with van der Waals surface area (Å²) in [6.45, 7) is 0. The van der Waals surface area contributed by atoms with Crippen LogP contribution in [-0.4, -0.2) is 19.2 Å². The molecule has 2 aromatic rings. The lowest BCUT2D eigenvalue weighted by molar-refractivity contribution is 0.678. The van der Waals surface area contributed by atoms with Gasteiger partial charge in [0.15, 0.2) is 0 Å². The first kappa shape index (κ1) is 11.3. The predicted octanol–water partition coefficient (Wildman–Crippen LogP) is 1.94. The van der Waals surface area contributed by atoms with Crippen molar-refractivity contribution in [2.24, 2.45) is 0 Å². The van der Waals surface area contributed by atoms with Crippen molar-refractivity contribution in [2.45, 2.75) is 10.8 Å². The lowest BCUT2D eigenvalue weighted by atomic mass is 10.5. The van der Waals surface area contributed by atoms with Gasteiger partial charge in [-0.1, -0.05) is 0 Å². The molecule has 16 heavy (non-hydrogen) atoms. The van der Waals surface area contributed by atoms with Crippen LogP contribution in [0.2, 0.25) is 0 Å². The quantitative estimate of drug-likeness (QED) is 0.869. The van der Waals surface area contributed by atoms with Crippen LogP contribution in [0.3, 0.4) is 0 Å². The van der Waals surface area contributed by atoms with Gasteiger partial charge in [-0.25, -0.2) is 15.0 Å². The molecule has 2 aromatic heterocycles. The van der Waals surface area contributed by atoms with Gasteiger partial charge in [0.1, 0.15) is 10.9 Å². The lowest BCUT2D eigenvalue weighted by Gasteiger charge is -2.02. The molecule has 0 aliphatic rings. The van der Waals surface area contributed by atoms with E-state index in [9.17, 15) is 4.21 Å². The minimum absolute atomic E-state index is 0.274. The minimum Gasteiger partial charge on any atom is -0.252 e. The number of hydrogen-bond acceptors (Lipinski definition) is 4. The summed E-state index contributed by atoms with van der Waals surface area (Å²) < 4.78 is 12.7. The van der Waals surface area contributed by atoms with Crippen LogP contribution in [0, 0.1) is 0 Å². The highest BCUT2D eigenvalue weighted by molar-refractivity contribution is 9.10. The monoisotopic (exact) mass is 297 g/mol. The number of halogens is 1. The first-order valence-corrected chi connectivity index (χ1v) is 6.63. The van der Waals surface area contributed by atoms with E-state index in [2.05, 4.69) is 30.9 Å². The zero-order valence-electron chi connectivity index (χ0n) is 8.21. The zero-order chi connectivity index (χ0) is 11.4. The summed E-state index contributed by atoms with van der Waals surface area (Å²) in [6, 6.07) is 5.32. The summed E-state index contributed by atoms with van der Waals surface area (Å²) >= 11 is 3.31. The van der Waals surface area contributed by atoms with Crippen molar-refractivity contribution in [2.75, 3.05) is 0 Å². The molecule has 0 spiro atoms. The second-order valence-corrected chi connectivity index (χ2v) is 5.17. The molecule has 4 nitrogen and oxygen atoms in total. The Labute approximate surface area is 104 Å². The Hall–Kier alpha value is -1.14. The summed E-state index contributed by atoms with van der Waals surface area (Å²) in [5.74, 6) is 0.828. The summed E-state index contributed by atoms with van der Waals surface area (Å²) in [7, 11) is -1.23. The van der Waals surface area contributed by atoms with E-state index in [1.54, 1.807) is 30.7 Å². The van der Waals surface area contributed by atoms with Crippen molar-refractivity contribution in [1.29, 1.82) is 0 Å². The molecule has 0 saturated heterocycles. The Morgan fingerprint density at radius 2 is 1.81 bits per heavy atom. The predicted molar refractivity (Wildman–Crippen MR) is 64.1 cm³/mol. The maximum atomic E-state index is 12.0. The maximum absolute atomic E-state index is 12.0. The summed E-state index contributed by atoms with van der Waals surface area (Å²) in [6.07, 6.45) is 4.88. The average molecular weight is 298 g/mol. The summed E-state index contributed by atoms with van der Waals surface area (Å²) in [5, 5.41) is 0.523. The molecule has 2 rings (SSSR count). The van der Waals surface area contributed by atoms with Crippen LogP contribution in [0.25, 0.3) is 0 Å². The number of nitrogens with zero attached hydrogens (tertiary/aromatic N) is 3. The molecule has 0 N–H and O–H groups in total. The van der Waals surface area contributed by atoms with Crippen molar-refractivity contribution in [3.05, 3.63) is 47.1 Å². The minimum atomic E-state index is -1.23. The molecule has 0 aliphatic carbocycles. The molecule has 0 saturated carbocycles. The highest BCUT2D eigenvalue weighted by atomic mass is 79.9. The Bertz CT molecular complexity index is 506. The normalized spacial score (nSPS) is 12.3. The fraction of sp³-hybridized carbons (Fsp3) is 0.100. The largest absolute Gasteiger partial charge is 0.252 e. The average Bonchev–Trinajstić information content (AvgIpc) is 2.31. The van der Waals surface area contributed by atoms with Gasteiger partial charge in [0.25, 0.3) is 0 Å². The molecule has 6 heteroatoms. The molecule has 0 bridgehead atoms. The van der Waals surface area contributed by atoms with Gasteiger partial charge < -0.3 is 0 Å². The Balaban J connectivity index is 2.19. The Morgan fingerprint density at radius 3 is 2.50 bits per heavy atom. The molecule has 0 amide bonds. The van der Waals surface area contributed by atoms with Gasteiger partial charge in [0.2, 0.25) is 0 Å². The third kappa shape index (κ3) is 2.70. The van der Waals surface area contributed by atoms with Gasteiger partial charge >= 0.3 is 0 Å². The van der Waals surface area contributed by atoms with Crippen molar-refractivity contribution >= 4 is 26.7 Å².